The number of methoxy groups -OCH3 is 1. The number of aryl methyl sites for hydroxylation is 1. The molecule has 0 aliphatic heterocycles. The second-order valence-electron chi connectivity index (χ2n) is 2.41. The summed E-state index contributed by atoms with van der Waals surface area (Å²) in [4.78, 5) is 14.6. The highest BCUT2D eigenvalue weighted by atomic mass is 16.5. The molecule has 1 rings (SSSR count). The average Bonchev–Trinajstić information content (AvgIpc) is 2.51. The smallest absolute Gasteiger partial charge is 0.319 e. The van der Waals surface area contributed by atoms with Gasteiger partial charge in [-0.15, -0.1) is 0 Å². The number of hydrogen-bond donors (Lipinski definition) is 1. The Morgan fingerprint density at radius 2 is 2.46 bits per heavy atom. The number of nitrogens with zero attached hydrogens (tertiary/aromatic N) is 2. The van der Waals surface area contributed by atoms with Gasteiger partial charge >= 0.3 is 5.97 Å². The molecule has 6 heteroatoms. The van der Waals surface area contributed by atoms with E-state index < -0.39 is 0 Å². The van der Waals surface area contributed by atoms with Gasteiger partial charge in [0, 0.05) is 6.92 Å². The number of carbonyl (C=O) groups excluding carboxylic acids is 1. The zero-order valence-electron chi connectivity index (χ0n) is 7.53. The van der Waals surface area contributed by atoms with Crippen LogP contribution < -0.4 is 5.32 Å². The van der Waals surface area contributed by atoms with Gasteiger partial charge in [-0.05, 0) is 0 Å². The number of rotatable bonds is 4. The first kappa shape index (κ1) is 9.66. The quantitative estimate of drug-likeness (QED) is 0.645. The lowest BCUT2D eigenvalue weighted by atomic mass is 10.5. The molecule has 0 saturated carbocycles. The first-order valence-corrected chi connectivity index (χ1v) is 3.79. The summed E-state index contributed by atoms with van der Waals surface area (Å²) in [7, 11) is 1.34. The van der Waals surface area contributed by atoms with Crippen molar-refractivity contribution < 1.29 is 14.1 Å². The van der Waals surface area contributed by atoms with Crippen molar-refractivity contribution in [2.45, 2.75) is 13.5 Å². The van der Waals surface area contributed by atoms with E-state index in [4.69, 9.17) is 4.52 Å². The van der Waals surface area contributed by atoms with E-state index in [2.05, 4.69) is 20.2 Å². The SMILES string of the molecule is COC(=O)CNCc1noc(C)n1. The maximum absolute atomic E-state index is 10.7. The molecule has 0 atom stereocenters. The summed E-state index contributed by atoms with van der Waals surface area (Å²) >= 11 is 0. The molecule has 6 nitrogen and oxygen atoms in total. The second-order valence-corrected chi connectivity index (χ2v) is 2.41. The molecular weight excluding hydrogens is 174 g/mol. The van der Waals surface area contributed by atoms with Gasteiger partial charge in [0.05, 0.1) is 20.2 Å². The van der Waals surface area contributed by atoms with Crippen molar-refractivity contribution in [1.29, 1.82) is 0 Å². The summed E-state index contributed by atoms with van der Waals surface area (Å²) in [6.07, 6.45) is 0. The van der Waals surface area contributed by atoms with E-state index in [1.54, 1.807) is 6.92 Å². The molecule has 0 spiro atoms. The molecule has 72 valence electrons. The Bertz CT molecular complexity index is 284. The van der Waals surface area contributed by atoms with Crippen LogP contribution in [0.1, 0.15) is 11.7 Å². The molecule has 0 unspecified atom stereocenters. The summed E-state index contributed by atoms with van der Waals surface area (Å²) in [5.41, 5.74) is 0. The molecule has 0 aromatic carbocycles. The van der Waals surface area contributed by atoms with E-state index in [0.717, 1.165) is 0 Å². The van der Waals surface area contributed by atoms with Crippen molar-refractivity contribution in [2.24, 2.45) is 0 Å². The van der Waals surface area contributed by atoms with E-state index in [1.165, 1.54) is 7.11 Å². The van der Waals surface area contributed by atoms with Crippen LogP contribution in [0.5, 0.6) is 0 Å². The van der Waals surface area contributed by atoms with Gasteiger partial charge in [0.15, 0.2) is 5.82 Å². The van der Waals surface area contributed by atoms with Crippen LogP contribution in [-0.4, -0.2) is 29.8 Å². The fourth-order valence-electron chi connectivity index (χ4n) is 0.762. The predicted octanol–water partition coefficient (Wildman–Crippen LogP) is -0.359. The Morgan fingerprint density at radius 3 is 3.00 bits per heavy atom. The molecule has 1 aromatic rings. The van der Waals surface area contributed by atoms with Gasteiger partial charge in [0.25, 0.3) is 0 Å². The Balaban J connectivity index is 2.24. The topological polar surface area (TPSA) is 77.2 Å². The fourth-order valence-corrected chi connectivity index (χ4v) is 0.762. The van der Waals surface area contributed by atoms with Gasteiger partial charge in [0.1, 0.15) is 0 Å². The van der Waals surface area contributed by atoms with Gasteiger partial charge in [-0.2, -0.15) is 4.98 Å². The fraction of sp³-hybridized carbons (Fsp3) is 0.571. The van der Waals surface area contributed by atoms with Crippen LogP contribution in [0.25, 0.3) is 0 Å². The third-order valence-electron chi connectivity index (χ3n) is 1.35. The highest BCUT2D eigenvalue weighted by Gasteiger charge is 2.03. The third-order valence-corrected chi connectivity index (χ3v) is 1.35. The zero-order valence-corrected chi connectivity index (χ0v) is 7.53. The number of hydrogen-bond acceptors (Lipinski definition) is 6. The first-order chi connectivity index (χ1) is 6.22. The van der Waals surface area contributed by atoms with Crippen molar-refractivity contribution in [3.05, 3.63) is 11.7 Å². The number of nitrogens with one attached hydrogen (secondary N) is 1. The Labute approximate surface area is 75.3 Å². The van der Waals surface area contributed by atoms with E-state index in [1.807, 2.05) is 0 Å². The van der Waals surface area contributed by atoms with Crippen LogP contribution >= 0.6 is 0 Å². The minimum atomic E-state index is -0.319. The molecule has 1 N–H and O–H groups in total. The normalized spacial score (nSPS) is 10.0. The highest BCUT2D eigenvalue weighted by Crippen LogP contribution is 1.93. The molecule has 0 radical (unpaired) electrons. The summed E-state index contributed by atoms with van der Waals surface area (Å²) < 4.78 is 9.16. The highest BCUT2D eigenvalue weighted by molar-refractivity contribution is 5.71. The first-order valence-electron chi connectivity index (χ1n) is 3.79. The van der Waals surface area contributed by atoms with Crippen LogP contribution in [0.2, 0.25) is 0 Å². The minimum Gasteiger partial charge on any atom is -0.468 e. The van der Waals surface area contributed by atoms with E-state index in [-0.39, 0.29) is 12.5 Å². The van der Waals surface area contributed by atoms with Gasteiger partial charge in [-0.25, -0.2) is 0 Å². The lowest BCUT2D eigenvalue weighted by molar-refractivity contribution is -0.139. The minimum absolute atomic E-state index is 0.143. The Morgan fingerprint density at radius 1 is 1.69 bits per heavy atom. The Kier molecular flexibility index (Phi) is 3.39. The molecule has 1 heterocycles. The standard InChI is InChI=1S/C7H11N3O3/c1-5-9-6(10-13-5)3-8-4-7(11)12-2/h8H,3-4H2,1-2H3. The molecular formula is C7H11N3O3. The van der Waals surface area contributed by atoms with Crippen molar-refractivity contribution >= 4 is 5.97 Å². The number of ether oxygens (including phenoxy) is 1. The molecule has 0 aliphatic rings. The van der Waals surface area contributed by atoms with Crippen LogP contribution in [-0.2, 0) is 16.1 Å². The number of carbonyl (C=O) groups is 1. The second kappa shape index (κ2) is 4.56. The lowest BCUT2D eigenvalue weighted by Crippen LogP contribution is -2.23. The summed E-state index contributed by atoms with van der Waals surface area (Å²) in [5.74, 6) is 0.719. The lowest BCUT2D eigenvalue weighted by Gasteiger charge is -1.98. The molecule has 1 aromatic heterocycles. The summed E-state index contributed by atoms with van der Waals surface area (Å²) in [6, 6.07) is 0. The van der Waals surface area contributed by atoms with Gasteiger partial charge in [0.2, 0.25) is 5.89 Å². The summed E-state index contributed by atoms with van der Waals surface area (Å²) in [5, 5.41) is 6.44. The largest absolute Gasteiger partial charge is 0.468 e. The summed E-state index contributed by atoms with van der Waals surface area (Å²) in [6.45, 7) is 2.24. The van der Waals surface area contributed by atoms with Crippen LogP contribution in [0.15, 0.2) is 4.52 Å². The average molecular weight is 185 g/mol. The van der Waals surface area contributed by atoms with Crippen LogP contribution in [0, 0.1) is 6.92 Å². The molecule has 0 amide bonds. The van der Waals surface area contributed by atoms with Crippen molar-refractivity contribution in [3.8, 4) is 0 Å². The van der Waals surface area contributed by atoms with Crippen molar-refractivity contribution in [1.82, 2.24) is 15.5 Å². The monoisotopic (exact) mass is 185 g/mol. The van der Waals surface area contributed by atoms with Gasteiger partial charge in [-0.1, -0.05) is 5.16 Å². The van der Waals surface area contributed by atoms with Gasteiger partial charge < -0.3 is 9.26 Å². The third kappa shape index (κ3) is 3.20. The molecule has 0 aliphatic carbocycles. The van der Waals surface area contributed by atoms with Crippen molar-refractivity contribution in [2.75, 3.05) is 13.7 Å². The van der Waals surface area contributed by atoms with E-state index >= 15 is 0 Å². The van der Waals surface area contributed by atoms with Crippen LogP contribution in [0.3, 0.4) is 0 Å². The number of esters is 1. The zero-order chi connectivity index (χ0) is 9.68. The van der Waals surface area contributed by atoms with E-state index in [0.29, 0.717) is 18.3 Å². The molecule has 0 saturated heterocycles. The predicted molar refractivity (Wildman–Crippen MR) is 42.8 cm³/mol. The number of aromatic nitrogens is 2. The molecule has 13 heavy (non-hydrogen) atoms. The van der Waals surface area contributed by atoms with Gasteiger partial charge in [-0.3, -0.25) is 10.1 Å². The maximum atomic E-state index is 10.7. The Hall–Kier alpha value is -1.43. The van der Waals surface area contributed by atoms with Crippen LogP contribution in [0.4, 0.5) is 0 Å². The van der Waals surface area contributed by atoms with E-state index in [9.17, 15) is 4.79 Å². The molecule has 0 fully saturated rings. The molecule has 0 bridgehead atoms. The maximum Gasteiger partial charge on any atom is 0.319 e. The van der Waals surface area contributed by atoms with Crippen molar-refractivity contribution in [3.63, 3.8) is 0 Å².